The van der Waals surface area contributed by atoms with Crippen molar-refractivity contribution >= 4 is 26.6 Å². The van der Waals surface area contributed by atoms with Gasteiger partial charge in [0.05, 0.1) is 11.1 Å². The van der Waals surface area contributed by atoms with E-state index in [1.54, 1.807) is 36.5 Å². The third-order valence-electron chi connectivity index (χ3n) is 7.68. The Labute approximate surface area is 221 Å². The van der Waals surface area contributed by atoms with Crippen LogP contribution in [0.15, 0.2) is 74.9 Å². The number of aromatic nitrogens is 1. The number of nitrogens with zero attached hydrogens (tertiary/aromatic N) is 1. The molecule has 2 aliphatic rings. The lowest BCUT2D eigenvalue weighted by atomic mass is 9.85. The molecule has 0 bridgehead atoms. The smallest absolute Gasteiger partial charge is 0.343 e. The van der Waals surface area contributed by atoms with Gasteiger partial charge in [-0.15, -0.1) is 0 Å². The van der Waals surface area contributed by atoms with E-state index in [1.807, 2.05) is 18.2 Å². The maximum Gasteiger partial charge on any atom is 0.343 e. The molecule has 6 rings (SSSR count). The van der Waals surface area contributed by atoms with Gasteiger partial charge in [0.2, 0.25) is 0 Å². The Bertz CT molecular complexity index is 1670. The molecule has 1 saturated carbocycles. The first-order valence-corrected chi connectivity index (χ1v) is 14.7. The summed E-state index contributed by atoms with van der Waals surface area (Å²) in [7, 11) is -3.93. The second-order valence-electron chi connectivity index (χ2n) is 10.3. The zero-order valence-electron chi connectivity index (χ0n) is 21.0. The van der Waals surface area contributed by atoms with Gasteiger partial charge < -0.3 is 9.52 Å². The highest BCUT2D eigenvalue weighted by atomic mass is 32.2. The number of anilines is 1. The fourth-order valence-electron chi connectivity index (χ4n) is 5.70. The van der Waals surface area contributed by atoms with Gasteiger partial charge in [0.25, 0.3) is 10.0 Å². The molecule has 7 nitrogen and oxygen atoms in total. The molecule has 2 aromatic heterocycles. The summed E-state index contributed by atoms with van der Waals surface area (Å²) in [5.74, 6) is 0.480. The number of aryl methyl sites for hydroxylation is 1. The molecule has 8 heteroatoms. The van der Waals surface area contributed by atoms with Gasteiger partial charge in [0.1, 0.15) is 16.4 Å². The Kier molecular flexibility index (Phi) is 6.43. The van der Waals surface area contributed by atoms with Crippen LogP contribution in [0.25, 0.3) is 10.9 Å². The molecule has 1 unspecified atom stereocenters. The fourth-order valence-corrected chi connectivity index (χ4v) is 6.93. The lowest BCUT2D eigenvalue weighted by Gasteiger charge is -2.22. The molecule has 0 amide bonds. The highest BCUT2D eigenvalue weighted by molar-refractivity contribution is 7.93. The molecule has 0 spiro atoms. The molecule has 2 aromatic carbocycles. The maximum atomic E-state index is 13.4. The van der Waals surface area contributed by atoms with Crippen LogP contribution in [0.5, 0.6) is 5.75 Å². The van der Waals surface area contributed by atoms with Crippen LogP contribution in [-0.2, 0) is 22.9 Å². The molecular weight excluding hydrogens is 500 g/mol. The van der Waals surface area contributed by atoms with Gasteiger partial charge in [0.15, 0.2) is 0 Å². The highest BCUT2D eigenvalue weighted by Crippen LogP contribution is 2.49. The minimum Gasteiger partial charge on any atom is -0.507 e. The normalized spacial score (nSPS) is 16.8. The van der Waals surface area contributed by atoms with E-state index in [2.05, 4.69) is 9.71 Å². The van der Waals surface area contributed by atoms with Gasteiger partial charge in [-0.3, -0.25) is 9.71 Å². The Morgan fingerprint density at radius 1 is 0.974 bits per heavy atom. The number of nitrogens with one attached hydrogen (secondary N) is 1. The van der Waals surface area contributed by atoms with E-state index in [0.717, 1.165) is 55.0 Å². The largest absolute Gasteiger partial charge is 0.507 e. The van der Waals surface area contributed by atoms with Gasteiger partial charge in [0, 0.05) is 35.2 Å². The summed E-state index contributed by atoms with van der Waals surface area (Å²) in [4.78, 5) is 17.6. The van der Waals surface area contributed by atoms with E-state index in [1.165, 1.54) is 6.07 Å². The number of rotatable bonds is 6. The molecule has 0 saturated heterocycles. The van der Waals surface area contributed by atoms with Crippen LogP contribution in [-0.4, -0.2) is 18.5 Å². The van der Waals surface area contributed by atoms with Crippen molar-refractivity contribution in [2.45, 2.75) is 62.2 Å². The predicted molar refractivity (Wildman–Crippen MR) is 146 cm³/mol. The van der Waals surface area contributed by atoms with Crippen LogP contribution in [0.4, 0.5) is 5.69 Å². The zero-order valence-corrected chi connectivity index (χ0v) is 21.8. The van der Waals surface area contributed by atoms with Crippen molar-refractivity contribution in [2.24, 2.45) is 5.92 Å². The molecular formula is C30H30N2O5S. The quantitative estimate of drug-likeness (QED) is 0.321. The Balaban J connectivity index is 1.38. The van der Waals surface area contributed by atoms with Gasteiger partial charge in [-0.2, -0.15) is 0 Å². The number of sulfonamides is 1. The molecule has 4 aromatic rings. The SMILES string of the molecule is O=c1oc2c(c(O)c1C(c1cccc(NS(=O)(=O)c3cccc4cccnc34)c1)C1CC1)CCCCCC2. The molecule has 1 atom stereocenters. The summed E-state index contributed by atoms with van der Waals surface area (Å²) in [5, 5.41) is 12.1. The lowest BCUT2D eigenvalue weighted by molar-refractivity contribution is 0.382. The van der Waals surface area contributed by atoms with Crippen LogP contribution in [0.3, 0.4) is 0 Å². The summed E-state index contributed by atoms with van der Waals surface area (Å²) in [5.41, 5.74) is 2.12. The first-order valence-electron chi connectivity index (χ1n) is 13.3. The number of para-hydroxylation sites is 1. The second kappa shape index (κ2) is 9.91. The Morgan fingerprint density at radius 2 is 1.74 bits per heavy atom. The second-order valence-corrected chi connectivity index (χ2v) is 12.0. The van der Waals surface area contributed by atoms with Crippen LogP contribution >= 0.6 is 0 Å². The summed E-state index contributed by atoms with van der Waals surface area (Å²) >= 11 is 0. The van der Waals surface area contributed by atoms with Gasteiger partial charge in [-0.25, -0.2) is 13.2 Å². The third-order valence-corrected chi connectivity index (χ3v) is 9.09. The summed E-state index contributed by atoms with van der Waals surface area (Å²) in [6.45, 7) is 0. The average Bonchev–Trinajstić information content (AvgIpc) is 3.72. The van der Waals surface area contributed by atoms with Crippen molar-refractivity contribution in [3.05, 3.63) is 93.7 Å². The molecule has 0 aliphatic heterocycles. The number of hydrogen-bond acceptors (Lipinski definition) is 6. The van der Waals surface area contributed by atoms with E-state index in [4.69, 9.17) is 4.42 Å². The highest BCUT2D eigenvalue weighted by Gasteiger charge is 2.38. The van der Waals surface area contributed by atoms with Crippen LogP contribution < -0.4 is 10.3 Å². The van der Waals surface area contributed by atoms with Gasteiger partial charge >= 0.3 is 5.63 Å². The monoisotopic (exact) mass is 530 g/mol. The standard InChI is InChI=1S/C30H30N2O5S/c33-29-23-12-3-1-2-4-13-24(23)37-30(34)27(29)26(19-15-16-19)21-9-5-11-22(18-21)32-38(35,36)25-14-6-8-20-10-7-17-31-28(20)25/h5-11,14,17-19,26,32-33H,1-4,12-13,15-16H2. The molecule has 2 heterocycles. The maximum absolute atomic E-state index is 13.4. The van der Waals surface area contributed by atoms with Crippen LogP contribution in [0.2, 0.25) is 0 Å². The number of benzene rings is 2. The topological polar surface area (TPSA) is 109 Å². The molecule has 196 valence electrons. The molecule has 2 N–H and O–H groups in total. The van der Waals surface area contributed by atoms with Crippen molar-refractivity contribution < 1.29 is 17.9 Å². The van der Waals surface area contributed by atoms with Crippen molar-refractivity contribution in [3.8, 4) is 5.75 Å². The third kappa shape index (κ3) is 4.69. The summed E-state index contributed by atoms with van der Waals surface area (Å²) in [6, 6.07) is 15.7. The first kappa shape index (κ1) is 24.7. The Hall–Kier alpha value is -3.65. The van der Waals surface area contributed by atoms with Crippen molar-refractivity contribution in [3.63, 3.8) is 0 Å². The number of hydrogen-bond donors (Lipinski definition) is 2. The minimum absolute atomic E-state index is 0.0582. The van der Waals surface area contributed by atoms with E-state index in [-0.39, 0.29) is 22.5 Å². The van der Waals surface area contributed by atoms with Gasteiger partial charge in [-0.05, 0) is 67.9 Å². The fraction of sp³-hybridized carbons (Fsp3) is 0.333. The van der Waals surface area contributed by atoms with Crippen molar-refractivity contribution in [1.82, 2.24) is 4.98 Å². The van der Waals surface area contributed by atoms with E-state index in [0.29, 0.717) is 35.4 Å². The minimum atomic E-state index is -3.93. The zero-order chi connectivity index (χ0) is 26.3. The number of fused-ring (bicyclic) bond motifs is 2. The lowest BCUT2D eigenvalue weighted by Crippen LogP contribution is -2.19. The van der Waals surface area contributed by atoms with Gasteiger partial charge in [-0.1, -0.05) is 43.2 Å². The number of pyridine rings is 1. The molecule has 1 fully saturated rings. The summed E-state index contributed by atoms with van der Waals surface area (Å²) < 4.78 is 35.3. The van der Waals surface area contributed by atoms with Crippen LogP contribution in [0, 0.1) is 5.92 Å². The number of aromatic hydroxyl groups is 1. The van der Waals surface area contributed by atoms with E-state index in [9.17, 15) is 18.3 Å². The van der Waals surface area contributed by atoms with Crippen molar-refractivity contribution in [1.29, 1.82) is 0 Å². The first-order chi connectivity index (χ1) is 18.4. The molecule has 2 aliphatic carbocycles. The predicted octanol–water partition coefficient (Wildman–Crippen LogP) is 5.90. The molecule has 38 heavy (non-hydrogen) atoms. The summed E-state index contributed by atoms with van der Waals surface area (Å²) in [6.07, 6.45) is 8.85. The Morgan fingerprint density at radius 3 is 2.55 bits per heavy atom. The van der Waals surface area contributed by atoms with Crippen LogP contribution in [0.1, 0.15) is 66.9 Å². The molecule has 0 radical (unpaired) electrons. The van der Waals surface area contributed by atoms with Crippen molar-refractivity contribution in [2.75, 3.05) is 4.72 Å². The van der Waals surface area contributed by atoms with E-state index >= 15 is 0 Å². The van der Waals surface area contributed by atoms with E-state index < -0.39 is 15.6 Å². The average molecular weight is 531 g/mol.